The van der Waals surface area contributed by atoms with Crippen LogP contribution in [0.3, 0.4) is 0 Å². The molecule has 0 radical (unpaired) electrons. The van der Waals surface area contributed by atoms with Gasteiger partial charge in [-0.05, 0) is 49.7 Å². The Morgan fingerprint density at radius 2 is 2.00 bits per heavy atom. The highest BCUT2D eigenvalue weighted by Crippen LogP contribution is 2.20. The van der Waals surface area contributed by atoms with Gasteiger partial charge in [0.15, 0.2) is 6.54 Å². The van der Waals surface area contributed by atoms with E-state index in [0.717, 1.165) is 38.5 Å². The van der Waals surface area contributed by atoms with Crippen LogP contribution in [-0.4, -0.2) is 26.1 Å². The molecule has 2 N–H and O–H groups in total. The molecular weight excluding hydrogens is 368 g/mol. The highest BCUT2D eigenvalue weighted by Gasteiger charge is 2.14. The number of carbonyl (C=O) groups is 1. The molecule has 1 unspecified atom stereocenters. The maximum absolute atomic E-state index is 12.3. The number of carbonyl (C=O) groups excluding carboxylic acids is 1. The Balaban J connectivity index is 1.94. The lowest BCUT2D eigenvalue weighted by molar-refractivity contribution is -0.885. The molecule has 0 aliphatic rings. The van der Waals surface area contributed by atoms with E-state index in [-0.39, 0.29) is 5.91 Å². The second-order valence-electron chi connectivity index (χ2n) is 5.86. The summed E-state index contributed by atoms with van der Waals surface area (Å²) in [7, 11) is 2.01. The number of hydrogen-bond acceptors (Lipinski definition) is 2. The van der Waals surface area contributed by atoms with Crippen molar-refractivity contribution in [3.05, 3.63) is 58.1 Å². The van der Waals surface area contributed by atoms with Crippen LogP contribution in [0.25, 0.3) is 0 Å². The summed E-state index contributed by atoms with van der Waals surface area (Å²) >= 11 is 3.43. The quantitative estimate of drug-likeness (QED) is 0.761. The van der Waals surface area contributed by atoms with Crippen LogP contribution in [0.4, 0.5) is 5.69 Å². The molecule has 24 heavy (non-hydrogen) atoms. The number of rotatable bonds is 7. The number of amides is 1. The van der Waals surface area contributed by atoms with Crippen LogP contribution in [0.1, 0.15) is 18.1 Å². The second kappa shape index (κ2) is 8.85. The zero-order valence-electron chi connectivity index (χ0n) is 14.4. The van der Waals surface area contributed by atoms with E-state index in [1.807, 2.05) is 63.4 Å². The van der Waals surface area contributed by atoms with Crippen LogP contribution in [0, 0.1) is 6.92 Å². The van der Waals surface area contributed by atoms with Crippen LogP contribution in [0.15, 0.2) is 46.9 Å². The van der Waals surface area contributed by atoms with E-state index in [9.17, 15) is 4.79 Å². The van der Waals surface area contributed by atoms with Crippen LogP contribution in [-0.2, 0) is 11.3 Å². The minimum absolute atomic E-state index is 0.00631. The second-order valence-corrected chi connectivity index (χ2v) is 6.77. The number of aryl methyl sites for hydroxylation is 1. The van der Waals surface area contributed by atoms with Crippen molar-refractivity contribution < 1.29 is 14.4 Å². The van der Waals surface area contributed by atoms with E-state index in [4.69, 9.17) is 4.74 Å². The molecule has 2 aromatic carbocycles. The molecule has 2 rings (SSSR count). The molecule has 0 aromatic heterocycles. The first kappa shape index (κ1) is 18.5. The summed E-state index contributed by atoms with van der Waals surface area (Å²) in [5, 5.41) is 2.98. The van der Waals surface area contributed by atoms with Gasteiger partial charge in [-0.25, -0.2) is 0 Å². The lowest BCUT2D eigenvalue weighted by atomic mass is 10.2. The fraction of sp³-hybridized carbons (Fsp3) is 0.316. The van der Waals surface area contributed by atoms with Crippen molar-refractivity contribution >= 4 is 27.5 Å². The van der Waals surface area contributed by atoms with Crippen LogP contribution >= 0.6 is 15.9 Å². The van der Waals surface area contributed by atoms with Gasteiger partial charge in [0.05, 0.1) is 13.7 Å². The number of quaternary nitrogens is 1. The first-order valence-electron chi connectivity index (χ1n) is 8.07. The average Bonchev–Trinajstić information content (AvgIpc) is 2.52. The summed E-state index contributed by atoms with van der Waals surface area (Å²) in [4.78, 5) is 13.4. The van der Waals surface area contributed by atoms with Gasteiger partial charge < -0.3 is 15.0 Å². The molecule has 0 bridgehead atoms. The standard InChI is InChI=1S/C19H23BrN2O2/c1-4-24-18-8-6-5-7-15(18)12-22(3)13-19(23)21-17-10-9-16(20)11-14(17)2/h5-11H,4,12-13H2,1-3H3,(H,21,23)/p+1. The van der Waals surface area contributed by atoms with Crippen molar-refractivity contribution in [1.29, 1.82) is 0 Å². The van der Waals surface area contributed by atoms with Crippen molar-refractivity contribution in [2.75, 3.05) is 25.5 Å². The molecule has 2 aromatic rings. The van der Waals surface area contributed by atoms with E-state index in [2.05, 4.69) is 21.2 Å². The summed E-state index contributed by atoms with van der Waals surface area (Å²) in [6.07, 6.45) is 0. The highest BCUT2D eigenvalue weighted by atomic mass is 79.9. The first-order valence-corrected chi connectivity index (χ1v) is 8.87. The van der Waals surface area contributed by atoms with Gasteiger partial charge in [-0.15, -0.1) is 0 Å². The molecule has 0 aliphatic carbocycles. The number of para-hydroxylation sites is 1. The highest BCUT2D eigenvalue weighted by molar-refractivity contribution is 9.10. The van der Waals surface area contributed by atoms with Gasteiger partial charge in [0.2, 0.25) is 0 Å². The number of nitrogens with one attached hydrogen (secondary N) is 2. The van der Waals surface area contributed by atoms with Crippen molar-refractivity contribution in [3.63, 3.8) is 0 Å². The molecule has 128 valence electrons. The Bertz CT molecular complexity index is 704. The normalized spacial score (nSPS) is 11.8. The van der Waals surface area contributed by atoms with Crippen LogP contribution in [0.2, 0.25) is 0 Å². The molecule has 0 saturated heterocycles. The number of anilines is 1. The van der Waals surface area contributed by atoms with Gasteiger partial charge >= 0.3 is 0 Å². The third-order valence-electron chi connectivity index (χ3n) is 3.69. The fourth-order valence-electron chi connectivity index (χ4n) is 2.57. The van der Waals surface area contributed by atoms with E-state index < -0.39 is 0 Å². The smallest absolute Gasteiger partial charge is 0.279 e. The van der Waals surface area contributed by atoms with Crippen molar-refractivity contribution in [2.45, 2.75) is 20.4 Å². The minimum atomic E-state index is 0.00631. The summed E-state index contributed by atoms with van der Waals surface area (Å²) in [6, 6.07) is 13.8. The molecular formula is C19H24BrN2O2+. The molecule has 0 aliphatic heterocycles. The summed E-state index contributed by atoms with van der Waals surface area (Å²) in [5.41, 5.74) is 3.01. The number of benzene rings is 2. The summed E-state index contributed by atoms with van der Waals surface area (Å²) in [6.45, 7) is 5.73. The monoisotopic (exact) mass is 391 g/mol. The lowest BCUT2D eigenvalue weighted by Crippen LogP contribution is -3.08. The Morgan fingerprint density at radius 1 is 1.25 bits per heavy atom. The lowest BCUT2D eigenvalue weighted by Gasteiger charge is -2.16. The largest absolute Gasteiger partial charge is 0.493 e. The zero-order chi connectivity index (χ0) is 17.5. The molecule has 0 spiro atoms. The van der Waals surface area contributed by atoms with Crippen LogP contribution < -0.4 is 15.0 Å². The van der Waals surface area contributed by atoms with E-state index in [1.165, 1.54) is 0 Å². The van der Waals surface area contributed by atoms with E-state index in [0.29, 0.717) is 13.2 Å². The predicted octanol–water partition coefficient (Wildman–Crippen LogP) is 2.81. The molecule has 0 fully saturated rings. The van der Waals surface area contributed by atoms with Crippen LogP contribution in [0.5, 0.6) is 5.75 Å². The number of hydrogen-bond donors (Lipinski definition) is 2. The van der Waals surface area contributed by atoms with Gasteiger partial charge in [0, 0.05) is 15.7 Å². The maximum atomic E-state index is 12.3. The van der Waals surface area contributed by atoms with Crippen molar-refractivity contribution in [1.82, 2.24) is 0 Å². The summed E-state index contributed by atoms with van der Waals surface area (Å²) in [5.74, 6) is 0.898. The Labute approximate surface area is 151 Å². The van der Waals surface area contributed by atoms with Gasteiger partial charge in [-0.1, -0.05) is 28.1 Å². The number of ether oxygens (including phenoxy) is 1. The zero-order valence-corrected chi connectivity index (χ0v) is 15.9. The van der Waals surface area contributed by atoms with Gasteiger partial charge in [0.25, 0.3) is 5.91 Å². The fourth-order valence-corrected chi connectivity index (χ4v) is 3.05. The minimum Gasteiger partial charge on any atom is -0.493 e. The van der Waals surface area contributed by atoms with Gasteiger partial charge in [0.1, 0.15) is 12.3 Å². The number of halogens is 1. The average molecular weight is 392 g/mol. The Morgan fingerprint density at radius 3 is 2.71 bits per heavy atom. The third kappa shape index (κ3) is 5.35. The molecule has 0 saturated carbocycles. The topological polar surface area (TPSA) is 42.8 Å². The molecule has 0 heterocycles. The molecule has 1 amide bonds. The van der Waals surface area contributed by atoms with Gasteiger partial charge in [-0.2, -0.15) is 0 Å². The Hall–Kier alpha value is -1.85. The van der Waals surface area contributed by atoms with E-state index >= 15 is 0 Å². The molecule has 5 heteroatoms. The maximum Gasteiger partial charge on any atom is 0.279 e. The molecule has 4 nitrogen and oxygen atoms in total. The molecule has 1 atom stereocenters. The van der Waals surface area contributed by atoms with Crippen molar-refractivity contribution in [2.24, 2.45) is 0 Å². The third-order valence-corrected chi connectivity index (χ3v) is 4.18. The number of likely N-dealkylation sites (N-methyl/N-ethyl adjacent to an activating group) is 1. The van der Waals surface area contributed by atoms with E-state index in [1.54, 1.807) is 0 Å². The summed E-state index contributed by atoms with van der Waals surface area (Å²) < 4.78 is 6.65. The van der Waals surface area contributed by atoms with Gasteiger partial charge in [-0.3, -0.25) is 4.79 Å². The predicted molar refractivity (Wildman–Crippen MR) is 101 cm³/mol. The first-order chi connectivity index (χ1) is 11.5. The Kier molecular flexibility index (Phi) is 6.82. The SMILES string of the molecule is CCOc1ccccc1C[NH+](C)CC(=O)Nc1ccc(Br)cc1C. The van der Waals surface area contributed by atoms with Crippen molar-refractivity contribution in [3.8, 4) is 5.75 Å².